The van der Waals surface area contributed by atoms with Crippen LogP contribution < -0.4 is 0 Å². The predicted octanol–water partition coefficient (Wildman–Crippen LogP) is 2.38. The molecule has 6 heteroatoms. The lowest BCUT2D eigenvalue weighted by atomic mass is 10.1. The Labute approximate surface area is 89.8 Å². The number of nitrogens with zero attached hydrogens (tertiary/aromatic N) is 1. The Hall–Kier alpha value is 0.500. The van der Waals surface area contributed by atoms with Crippen molar-refractivity contribution in [2.75, 3.05) is 0 Å². The molecule has 12 heavy (non-hydrogen) atoms. The summed E-state index contributed by atoms with van der Waals surface area (Å²) in [6.07, 6.45) is 1.98. The van der Waals surface area contributed by atoms with Crippen LogP contribution >= 0.6 is 46.4 Å². The lowest BCUT2D eigenvalue weighted by Gasteiger charge is -2.34. The number of hydrogen-bond donors (Lipinski definition) is 0. The quantitative estimate of drug-likeness (QED) is 0.398. The first kappa shape index (κ1) is 10.6. The number of alkyl halides is 4. The fourth-order valence-corrected chi connectivity index (χ4v) is 1.94. The third-order valence-corrected chi connectivity index (χ3v) is 3.40. The van der Waals surface area contributed by atoms with Gasteiger partial charge in [-0.1, -0.05) is 34.8 Å². The number of rotatable bonds is 1. The number of carbonyl (C=O) groups excluding carboxylic acids is 1. The summed E-state index contributed by atoms with van der Waals surface area (Å²) in [5.74, 6) is 0. The molecule has 0 amide bonds. The molecule has 0 aromatic rings. The lowest BCUT2D eigenvalue weighted by molar-refractivity contribution is -0.110. The molecule has 0 aliphatic carbocycles. The number of aliphatic imine (C=N–C) groups is 1. The van der Waals surface area contributed by atoms with Gasteiger partial charge in [0.15, 0.2) is 10.6 Å². The minimum atomic E-state index is -1.60. The molecule has 1 aliphatic heterocycles. The Morgan fingerprint density at radius 3 is 2.50 bits per heavy atom. The van der Waals surface area contributed by atoms with Crippen LogP contribution in [0.5, 0.6) is 0 Å². The van der Waals surface area contributed by atoms with Gasteiger partial charge in [0.25, 0.3) is 0 Å². The molecule has 0 saturated heterocycles. The monoisotopic (exact) mass is 247 g/mol. The van der Waals surface area contributed by atoms with Crippen molar-refractivity contribution in [1.82, 2.24) is 0 Å². The molecule has 68 valence electrons. The van der Waals surface area contributed by atoms with Crippen LogP contribution in [0.1, 0.15) is 6.42 Å². The molecule has 0 N–H and O–H groups in total. The minimum Gasteiger partial charge on any atom is -0.299 e. The highest BCUT2D eigenvalue weighted by atomic mass is 35.5. The van der Waals surface area contributed by atoms with Crippen LogP contribution in [-0.2, 0) is 4.79 Å². The van der Waals surface area contributed by atoms with Crippen molar-refractivity contribution in [2.24, 2.45) is 4.99 Å². The van der Waals surface area contributed by atoms with Crippen LogP contribution in [0.2, 0.25) is 0 Å². The van der Waals surface area contributed by atoms with Gasteiger partial charge in [-0.3, -0.25) is 9.79 Å². The second-order valence-corrected chi connectivity index (χ2v) is 5.11. The highest BCUT2D eigenvalue weighted by Gasteiger charge is 2.51. The molecule has 0 aromatic heterocycles. The molecule has 2 nitrogen and oxygen atoms in total. The van der Waals surface area contributed by atoms with Gasteiger partial charge in [0.05, 0.1) is 5.38 Å². The summed E-state index contributed by atoms with van der Waals surface area (Å²) >= 11 is 23.0. The molecule has 1 aliphatic rings. The van der Waals surface area contributed by atoms with Crippen molar-refractivity contribution in [1.29, 1.82) is 0 Å². The Balaban J connectivity index is 3.02. The molecule has 0 fully saturated rings. The molecule has 1 rings (SSSR count). The smallest absolute Gasteiger partial charge is 0.220 e. The average molecular weight is 249 g/mol. The highest BCUT2D eigenvalue weighted by molar-refractivity contribution is 6.56. The zero-order valence-corrected chi connectivity index (χ0v) is 8.83. The Morgan fingerprint density at radius 1 is 1.50 bits per heavy atom. The van der Waals surface area contributed by atoms with Gasteiger partial charge in [-0.25, -0.2) is 0 Å². The highest BCUT2D eigenvalue weighted by Crippen LogP contribution is 2.45. The van der Waals surface area contributed by atoms with Crippen LogP contribution in [0.4, 0.5) is 0 Å². The van der Waals surface area contributed by atoms with Gasteiger partial charge in [-0.15, -0.1) is 11.6 Å². The van der Waals surface area contributed by atoms with Crippen LogP contribution in [0, 0.1) is 0 Å². The number of aldehydes is 1. The summed E-state index contributed by atoms with van der Waals surface area (Å²) in [4.78, 5) is 12.6. The normalized spacial score (nSPS) is 39.5. The first-order valence-corrected chi connectivity index (χ1v) is 4.71. The summed E-state index contributed by atoms with van der Waals surface area (Å²) in [6.45, 7) is 0. The molecular formula is C6H5Cl4NO. The standard InChI is InChI=1S/C6H5Cl4NO/c7-4-1-5(8,9)6(10,3-12)11-2-4/h2-4H,1H2. The van der Waals surface area contributed by atoms with Crippen molar-refractivity contribution >= 4 is 58.9 Å². The maximum Gasteiger partial charge on any atom is 0.220 e. The number of hydrogen-bond acceptors (Lipinski definition) is 2. The Morgan fingerprint density at radius 2 is 2.08 bits per heavy atom. The van der Waals surface area contributed by atoms with Gasteiger partial charge in [0.1, 0.15) is 0 Å². The van der Waals surface area contributed by atoms with Crippen molar-refractivity contribution in [3.05, 3.63) is 0 Å². The van der Waals surface area contributed by atoms with Gasteiger partial charge in [-0.05, 0) is 0 Å². The van der Waals surface area contributed by atoms with E-state index in [4.69, 9.17) is 46.4 Å². The average Bonchev–Trinajstić information content (AvgIpc) is 1.97. The third-order valence-electron chi connectivity index (χ3n) is 1.54. The van der Waals surface area contributed by atoms with E-state index in [1.165, 1.54) is 6.21 Å². The molecule has 1 heterocycles. The lowest BCUT2D eigenvalue weighted by Crippen LogP contribution is -2.46. The molecule has 2 atom stereocenters. The van der Waals surface area contributed by atoms with Gasteiger partial charge in [-0.2, -0.15) is 0 Å². The van der Waals surface area contributed by atoms with Crippen molar-refractivity contribution in [3.8, 4) is 0 Å². The van der Waals surface area contributed by atoms with Crippen molar-refractivity contribution in [2.45, 2.75) is 21.1 Å². The van der Waals surface area contributed by atoms with Gasteiger partial charge in [0, 0.05) is 12.6 Å². The number of carbonyl (C=O) groups is 1. The van der Waals surface area contributed by atoms with E-state index in [-0.39, 0.29) is 11.8 Å². The van der Waals surface area contributed by atoms with E-state index in [1.807, 2.05) is 0 Å². The summed E-state index contributed by atoms with van der Waals surface area (Å²) in [5, 5.41) is -0.383. The first-order chi connectivity index (χ1) is 5.41. The van der Waals surface area contributed by atoms with E-state index in [2.05, 4.69) is 4.99 Å². The molecular weight excluding hydrogens is 244 g/mol. The largest absolute Gasteiger partial charge is 0.299 e. The Bertz CT molecular complexity index is 230. The van der Waals surface area contributed by atoms with Gasteiger partial charge >= 0.3 is 0 Å². The summed E-state index contributed by atoms with van der Waals surface area (Å²) < 4.78 is -1.43. The van der Waals surface area contributed by atoms with Crippen LogP contribution in [0.3, 0.4) is 0 Å². The van der Waals surface area contributed by atoms with Crippen molar-refractivity contribution < 1.29 is 4.79 Å². The van der Waals surface area contributed by atoms with Crippen LogP contribution in [0.15, 0.2) is 4.99 Å². The second-order valence-electron chi connectivity index (χ2n) is 2.49. The maximum absolute atomic E-state index is 10.5. The molecule has 0 saturated carbocycles. The van der Waals surface area contributed by atoms with E-state index in [0.29, 0.717) is 6.29 Å². The van der Waals surface area contributed by atoms with E-state index >= 15 is 0 Å². The SMILES string of the molecule is O=CC1(Cl)N=CC(Cl)CC1(Cl)Cl. The minimum absolute atomic E-state index is 0.198. The van der Waals surface area contributed by atoms with E-state index < -0.39 is 9.33 Å². The van der Waals surface area contributed by atoms with E-state index in [0.717, 1.165) is 0 Å². The third kappa shape index (κ3) is 1.72. The molecule has 0 spiro atoms. The summed E-state index contributed by atoms with van der Waals surface area (Å²) in [5.41, 5.74) is 0. The predicted molar refractivity (Wildman–Crippen MR) is 51.8 cm³/mol. The zero-order chi connectivity index (χ0) is 9.41. The molecule has 0 aromatic carbocycles. The van der Waals surface area contributed by atoms with E-state index in [9.17, 15) is 4.79 Å². The molecule has 2 unspecified atom stereocenters. The van der Waals surface area contributed by atoms with Crippen LogP contribution in [-0.4, -0.2) is 27.2 Å². The van der Waals surface area contributed by atoms with Gasteiger partial charge in [0.2, 0.25) is 5.00 Å². The fraction of sp³-hybridized carbons (Fsp3) is 0.667. The van der Waals surface area contributed by atoms with Gasteiger partial charge < -0.3 is 0 Å². The second kappa shape index (κ2) is 3.33. The van der Waals surface area contributed by atoms with Crippen LogP contribution in [0.25, 0.3) is 0 Å². The molecule has 0 bridgehead atoms. The number of halogens is 4. The maximum atomic E-state index is 10.5. The van der Waals surface area contributed by atoms with Crippen molar-refractivity contribution in [3.63, 3.8) is 0 Å². The summed E-state index contributed by atoms with van der Waals surface area (Å²) in [7, 11) is 0. The Kier molecular flexibility index (Phi) is 2.94. The topological polar surface area (TPSA) is 29.4 Å². The summed E-state index contributed by atoms with van der Waals surface area (Å²) in [6, 6.07) is 0. The fourth-order valence-electron chi connectivity index (χ4n) is 0.841. The van der Waals surface area contributed by atoms with E-state index in [1.54, 1.807) is 0 Å². The first-order valence-electron chi connectivity index (χ1n) is 3.14. The molecule has 0 radical (unpaired) electrons. The zero-order valence-electron chi connectivity index (χ0n) is 5.81.